The van der Waals surface area contributed by atoms with E-state index in [0.717, 1.165) is 36.4 Å². The summed E-state index contributed by atoms with van der Waals surface area (Å²) >= 11 is 0. The Bertz CT molecular complexity index is 563. The first-order valence-corrected chi connectivity index (χ1v) is 8.21. The highest BCUT2D eigenvalue weighted by Gasteiger charge is 2.36. The normalized spacial score (nSPS) is 27.9. The van der Waals surface area contributed by atoms with Crippen molar-refractivity contribution in [1.29, 1.82) is 0 Å². The van der Waals surface area contributed by atoms with Gasteiger partial charge in [0.25, 0.3) is 0 Å². The first-order valence-electron chi connectivity index (χ1n) is 8.21. The Hall–Kier alpha value is -1.46. The molecule has 120 valence electrons. The maximum atomic E-state index is 5.54. The third-order valence-electron chi connectivity index (χ3n) is 5.33. The van der Waals surface area contributed by atoms with Gasteiger partial charge in [0.15, 0.2) is 11.5 Å². The second-order valence-corrected chi connectivity index (χ2v) is 6.49. The molecule has 2 fully saturated rings. The lowest BCUT2D eigenvalue weighted by Crippen LogP contribution is -2.55. The van der Waals surface area contributed by atoms with Crippen LogP contribution in [-0.2, 0) is 6.54 Å². The molecular weight excluding hydrogens is 280 g/mol. The fraction of sp³-hybridized carbons (Fsp3) is 0.647. The minimum Gasteiger partial charge on any atom is -0.493 e. The summed E-state index contributed by atoms with van der Waals surface area (Å²) in [6, 6.07) is 5.51. The molecule has 22 heavy (non-hydrogen) atoms. The van der Waals surface area contributed by atoms with Crippen LogP contribution >= 0.6 is 0 Å². The number of fused-ring (bicyclic) bond motifs is 2. The van der Waals surface area contributed by atoms with Crippen molar-refractivity contribution in [3.63, 3.8) is 0 Å². The van der Waals surface area contributed by atoms with E-state index in [0.29, 0.717) is 6.04 Å². The standard InChI is InChI=1S/C17H24N2O3/c1-12-14-4-3-5-18(14)6-7-19(12)10-13-8-15(20-2)17-16(9-13)21-11-22-17/h8-9,12,14H,3-7,10-11H2,1-2H3/t12-,14+/m1/s1. The average Bonchev–Trinajstić information content (AvgIpc) is 3.18. The molecule has 0 spiro atoms. The van der Waals surface area contributed by atoms with Gasteiger partial charge >= 0.3 is 0 Å². The number of piperazine rings is 1. The zero-order valence-electron chi connectivity index (χ0n) is 13.4. The number of hydrogen-bond acceptors (Lipinski definition) is 5. The number of hydrogen-bond donors (Lipinski definition) is 0. The van der Waals surface area contributed by atoms with Crippen LogP contribution in [0.1, 0.15) is 25.3 Å². The fourth-order valence-corrected chi connectivity index (χ4v) is 4.11. The highest BCUT2D eigenvalue weighted by atomic mass is 16.7. The first kappa shape index (κ1) is 14.2. The van der Waals surface area contributed by atoms with Crippen LogP contribution in [0.4, 0.5) is 0 Å². The molecule has 0 aliphatic carbocycles. The van der Waals surface area contributed by atoms with Crippen molar-refractivity contribution in [2.75, 3.05) is 33.5 Å². The van der Waals surface area contributed by atoms with Crippen LogP contribution in [-0.4, -0.2) is 55.4 Å². The maximum Gasteiger partial charge on any atom is 0.231 e. The van der Waals surface area contributed by atoms with E-state index in [2.05, 4.69) is 28.9 Å². The number of ether oxygens (including phenoxy) is 3. The number of nitrogens with zero attached hydrogens (tertiary/aromatic N) is 2. The Balaban J connectivity index is 1.53. The first-order chi connectivity index (χ1) is 10.8. The van der Waals surface area contributed by atoms with Crippen molar-refractivity contribution in [2.24, 2.45) is 0 Å². The minimum atomic E-state index is 0.284. The third kappa shape index (κ3) is 2.32. The van der Waals surface area contributed by atoms with E-state index in [4.69, 9.17) is 14.2 Å². The van der Waals surface area contributed by atoms with Crippen molar-refractivity contribution in [3.8, 4) is 17.2 Å². The molecule has 3 aliphatic heterocycles. The van der Waals surface area contributed by atoms with E-state index in [1.807, 2.05) is 0 Å². The molecule has 5 nitrogen and oxygen atoms in total. The van der Waals surface area contributed by atoms with Gasteiger partial charge in [0.1, 0.15) is 0 Å². The lowest BCUT2D eigenvalue weighted by Gasteiger charge is -2.43. The van der Waals surface area contributed by atoms with Gasteiger partial charge in [-0.15, -0.1) is 0 Å². The smallest absolute Gasteiger partial charge is 0.231 e. The number of benzene rings is 1. The van der Waals surface area contributed by atoms with Gasteiger partial charge in [-0.05, 0) is 44.0 Å². The van der Waals surface area contributed by atoms with Gasteiger partial charge in [-0.2, -0.15) is 0 Å². The maximum absolute atomic E-state index is 5.54. The van der Waals surface area contributed by atoms with Gasteiger partial charge in [0, 0.05) is 31.7 Å². The minimum absolute atomic E-state index is 0.284. The Labute approximate surface area is 131 Å². The van der Waals surface area contributed by atoms with Crippen LogP contribution in [0.3, 0.4) is 0 Å². The Morgan fingerprint density at radius 1 is 1.23 bits per heavy atom. The van der Waals surface area contributed by atoms with E-state index < -0.39 is 0 Å². The molecule has 4 rings (SSSR count). The van der Waals surface area contributed by atoms with Crippen LogP contribution in [0.25, 0.3) is 0 Å². The summed E-state index contributed by atoms with van der Waals surface area (Å²) in [5.74, 6) is 2.32. The molecular formula is C17H24N2O3. The summed E-state index contributed by atoms with van der Waals surface area (Å²) in [7, 11) is 1.68. The van der Waals surface area contributed by atoms with E-state index in [1.54, 1.807) is 7.11 Å². The van der Waals surface area contributed by atoms with Gasteiger partial charge in [-0.3, -0.25) is 9.80 Å². The lowest BCUT2D eigenvalue weighted by molar-refractivity contribution is 0.0470. The molecule has 1 aromatic carbocycles. The quantitative estimate of drug-likeness (QED) is 0.854. The molecule has 5 heteroatoms. The van der Waals surface area contributed by atoms with Crippen molar-refractivity contribution in [1.82, 2.24) is 9.80 Å². The average molecular weight is 304 g/mol. The highest BCUT2D eigenvalue weighted by Crippen LogP contribution is 2.42. The second-order valence-electron chi connectivity index (χ2n) is 6.49. The zero-order valence-corrected chi connectivity index (χ0v) is 13.4. The van der Waals surface area contributed by atoms with Crippen molar-refractivity contribution < 1.29 is 14.2 Å². The van der Waals surface area contributed by atoms with Crippen molar-refractivity contribution >= 4 is 0 Å². The molecule has 2 atom stereocenters. The molecule has 0 aromatic heterocycles. The van der Waals surface area contributed by atoms with E-state index in [1.165, 1.54) is 31.5 Å². The van der Waals surface area contributed by atoms with E-state index in [9.17, 15) is 0 Å². The zero-order chi connectivity index (χ0) is 15.1. The molecule has 2 saturated heterocycles. The molecule has 0 bridgehead atoms. The van der Waals surface area contributed by atoms with Gasteiger partial charge in [-0.25, -0.2) is 0 Å². The summed E-state index contributed by atoms with van der Waals surface area (Å²) in [6.07, 6.45) is 2.68. The van der Waals surface area contributed by atoms with Crippen LogP contribution < -0.4 is 14.2 Å². The van der Waals surface area contributed by atoms with E-state index in [-0.39, 0.29) is 6.79 Å². The largest absolute Gasteiger partial charge is 0.493 e. The van der Waals surface area contributed by atoms with Crippen LogP contribution in [0, 0.1) is 0 Å². The number of methoxy groups -OCH3 is 1. The monoisotopic (exact) mass is 304 g/mol. The van der Waals surface area contributed by atoms with Crippen molar-refractivity contribution in [2.45, 2.75) is 38.4 Å². The third-order valence-corrected chi connectivity index (χ3v) is 5.33. The Kier molecular flexibility index (Phi) is 3.62. The predicted molar refractivity (Wildman–Crippen MR) is 83.6 cm³/mol. The molecule has 0 amide bonds. The van der Waals surface area contributed by atoms with Crippen molar-refractivity contribution in [3.05, 3.63) is 17.7 Å². The number of rotatable bonds is 3. The Morgan fingerprint density at radius 2 is 2.14 bits per heavy atom. The van der Waals surface area contributed by atoms with Crippen LogP contribution in [0.2, 0.25) is 0 Å². The SMILES string of the molecule is COc1cc(CN2CCN3CCC[C@H]3[C@H]2C)cc2c1OCO2. The fourth-order valence-electron chi connectivity index (χ4n) is 4.11. The highest BCUT2D eigenvalue weighted by molar-refractivity contribution is 5.55. The van der Waals surface area contributed by atoms with Gasteiger partial charge < -0.3 is 14.2 Å². The molecule has 1 aromatic rings. The van der Waals surface area contributed by atoms with Crippen LogP contribution in [0.15, 0.2) is 12.1 Å². The lowest BCUT2D eigenvalue weighted by atomic mass is 10.0. The topological polar surface area (TPSA) is 34.2 Å². The molecule has 0 saturated carbocycles. The Morgan fingerprint density at radius 3 is 3.00 bits per heavy atom. The summed E-state index contributed by atoms with van der Waals surface area (Å²) in [4.78, 5) is 5.24. The molecule has 3 aliphatic rings. The summed E-state index contributed by atoms with van der Waals surface area (Å²) < 4.78 is 16.5. The van der Waals surface area contributed by atoms with Gasteiger partial charge in [0.2, 0.25) is 12.5 Å². The molecule has 0 unspecified atom stereocenters. The van der Waals surface area contributed by atoms with Gasteiger partial charge in [-0.1, -0.05) is 0 Å². The second kappa shape index (κ2) is 5.63. The molecule has 0 N–H and O–H groups in total. The summed E-state index contributed by atoms with van der Waals surface area (Å²) in [6.45, 7) is 7.20. The summed E-state index contributed by atoms with van der Waals surface area (Å²) in [5.41, 5.74) is 1.24. The van der Waals surface area contributed by atoms with Gasteiger partial charge in [0.05, 0.1) is 7.11 Å². The molecule has 3 heterocycles. The van der Waals surface area contributed by atoms with E-state index >= 15 is 0 Å². The predicted octanol–water partition coefficient (Wildman–Crippen LogP) is 2.09. The summed E-state index contributed by atoms with van der Waals surface area (Å²) in [5, 5.41) is 0. The molecule has 0 radical (unpaired) electrons. The van der Waals surface area contributed by atoms with Crippen LogP contribution in [0.5, 0.6) is 17.2 Å².